The predicted molar refractivity (Wildman–Crippen MR) is 105 cm³/mol. The van der Waals surface area contributed by atoms with E-state index in [1.165, 1.54) is 0 Å². The molecule has 0 saturated carbocycles. The van der Waals surface area contributed by atoms with E-state index >= 15 is 0 Å². The van der Waals surface area contributed by atoms with Crippen LogP contribution in [0.25, 0.3) is 5.69 Å². The van der Waals surface area contributed by atoms with E-state index in [1.54, 1.807) is 12.1 Å². The summed E-state index contributed by atoms with van der Waals surface area (Å²) in [5.41, 5.74) is 2.66. The van der Waals surface area contributed by atoms with Crippen LogP contribution in [0.3, 0.4) is 0 Å². The highest BCUT2D eigenvalue weighted by molar-refractivity contribution is 6.33. The number of carbonyl (C=O) groups is 1. The number of benzene rings is 2. The van der Waals surface area contributed by atoms with Crippen molar-refractivity contribution in [2.75, 3.05) is 12.4 Å². The van der Waals surface area contributed by atoms with Gasteiger partial charge in [-0.2, -0.15) is 5.10 Å². The quantitative estimate of drug-likeness (QED) is 0.715. The van der Waals surface area contributed by atoms with Crippen molar-refractivity contribution in [3.8, 4) is 5.69 Å². The van der Waals surface area contributed by atoms with Crippen LogP contribution in [0.4, 0.5) is 5.69 Å². The number of hydrogen-bond donors (Lipinski definition) is 1. The van der Waals surface area contributed by atoms with Gasteiger partial charge < -0.3 is 5.32 Å². The Morgan fingerprint density at radius 3 is 2.62 bits per heavy atom. The van der Waals surface area contributed by atoms with Gasteiger partial charge in [-0.05, 0) is 38.2 Å². The van der Waals surface area contributed by atoms with Crippen LogP contribution >= 0.6 is 11.6 Å². The normalized spacial score (nSPS) is 12.2. The van der Waals surface area contributed by atoms with Crippen molar-refractivity contribution in [3.05, 3.63) is 77.6 Å². The Morgan fingerprint density at radius 1 is 1.19 bits per heavy atom. The Balaban J connectivity index is 1.62. The standard InChI is InChI=1S/C20H21ClN4O/c1-15(20(26)23-19-11-7-6-10-18(19)21)24(2)13-16-12-22-25(14-16)17-8-4-3-5-9-17/h3-12,14-15H,13H2,1-2H3,(H,23,26). The average molecular weight is 369 g/mol. The van der Waals surface area contributed by atoms with Crippen LogP contribution in [0.15, 0.2) is 67.0 Å². The molecule has 26 heavy (non-hydrogen) atoms. The molecule has 5 nitrogen and oxygen atoms in total. The zero-order chi connectivity index (χ0) is 18.5. The minimum Gasteiger partial charge on any atom is -0.323 e. The monoisotopic (exact) mass is 368 g/mol. The van der Waals surface area contributed by atoms with Crippen molar-refractivity contribution in [1.82, 2.24) is 14.7 Å². The molecule has 3 rings (SSSR count). The molecule has 2 aromatic carbocycles. The summed E-state index contributed by atoms with van der Waals surface area (Å²) in [7, 11) is 1.91. The van der Waals surface area contributed by atoms with Crippen molar-refractivity contribution < 1.29 is 4.79 Å². The molecule has 0 aliphatic carbocycles. The van der Waals surface area contributed by atoms with Gasteiger partial charge in [-0.25, -0.2) is 4.68 Å². The molecule has 0 radical (unpaired) electrons. The lowest BCUT2D eigenvalue weighted by molar-refractivity contribution is -0.120. The second-order valence-corrected chi connectivity index (χ2v) is 6.60. The van der Waals surface area contributed by atoms with Gasteiger partial charge in [0.2, 0.25) is 5.91 Å². The zero-order valence-electron chi connectivity index (χ0n) is 14.8. The molecule has 6 heteroatoms. The molecule has 1 N–H and O–H groups in total. The maximum Gasteiger partial charge on any atom is 0.241 e. The predicted octanol–water partition coefficient (Wildman–Crippen LogP) is 3.98. The summed E-state index contributed by atoms with van der Waals surface area (Å²) >= 11 is 6.10. The minimum absolute atomic E-state index is 0.101. The van der Waals surface area contributed by atoms with Crippen LogP contribution < -0.4 is 5.32 Å². The molecule has 0 spiro atoms. The zero-order valence-corrected chi connectivity index (χ0v) is 15.5. The molecule has 1 atom stereocenters. The van der Waals surface area contributed by atoms with Crippen molar-refractivity contribution in [2.24, 2.45) is 0 Å². The third-order valence-corrected chi connectivity index (χ3v) is 4.59. The van der Waals surface area contributed by atoms with E-state index < -0.39 is 0 Å². The third kappa shape index (κ3) is 4.31. The van der Waals surface area contributed by atoms with E-state index in [4.69, 9.17) is 11.6 Å². The Morgan fingerprint density at radius 2 is 1.88 bits per heavy atom. The van der Waals surface area contributed by atoms with Crippen LogP contribution in [-0.4, -0.2) is 33.7 Å². The van der Waals surface area contributed by atoms with E-state index in [-0.39, 0.29) is 11.9 Å². The number of carbonyl (C=O) groups excluding carboxylic acids is 1. The number of aromatic nitrogens is 2. The Labute approximate surface area is 158 Å². The minimum atomic E-state index is -0.314. The Bertz CT molecular complexity index is 878. The summed E-state index contributed by atoms with van der Waals surface area (Å²) in [5, 5.41) is 7.80. The molecular weight excluding hydrogens is 348 g/mol. The number of halogens is 1. The van der Waals surface area contributed by atoms with Gasteiger partial charge in [-0.3, -0.25) is 9.69 Å². The maximum absolute atomic E-state index is 12.5. The fraction of sp³-hybridized carbons (Fsp3) is 0.200. The number of nitrogens with zero attached hydrogens (tertiary/aromatic N) is 3. The van der Waals surface area contributed by atoms with Gasteiger partial charge in [0.05, 0.1) is 28.6 Å². The molecule has 1 amide bonds. The SMILES string of the molecule is CC(C(=O)Nc1ccccc1Cl)N(C)Cc1cnn(-c2ccccc2)c1. The molecule has 3 aromatic rings. The van der Waals surface area contributed by atoms with Gasteiger partial charge in [0.15, 0.2) is 0 Å². The lowest BCUT2D eigenvalue weighted by Crippen LogP contribution is -2.39. The van der Waals surface area contributed by atoms with Crippen molar-refractivity contribution in [1.29, 1.82) is 0 Å². The Kier molecular flexibility index (Phi) is 5.71. The molecule has 1 heterocycles. The van der Waals surface area contributed by atoms with E-state index in [1.807, 2.05) is 78.4 Å². The van der Waals surface area contributed by atoms with Crippen LogP contribution in [0.2, 0.25) is 5.02 Å². The van der Waals surface area contributed by atoms with Gasteiger partial charge in [0.25, 0.3) is 0 Å². The van der Waals surface area contributed by atoms with E-state index in [9.17, 15) is 4.79 Å². The summed E-state index contributed by atoms with van der Waals surface area (Å²) in [6.07, 6.45) is 3.80. The summed E-state index contributed by atoms with van der Waals surface area (Å²) < 4.78 is 1.83. The van der Waals surface area contributed by atoms with Crippen LogP contribution in [-0.2, 0) is 11.3 Å². The number of rotatable bonds is 6. The van der Waals surface area contributed by atoms with Gasteiger partial charge in [-0.1, -0.05) is 41.9 Å². The molecule has 0 aliphatic heterocycles. The van der Waals surface area contributed by atoms with E-state index in [0.717, 1.165) is 11.3 Å². The van der Waals surface area contributed by atoms with Gasteiger partial charge >= 0.3 is 0 Å². The first-order chi connectivity index (χ1) is 12.5. The Hall–Kier alpha value is -2.63. The lowest BCUT2D eigenvalue weighted by Gasteiger charge is -2.23. The summed E-state index contributed by atoms with van der Waals surface area (Å²) in [4.78, 5) is 14.5. The van der Waals surface area contributed by atoms with Gasteiger partial charge in [0, 0.05) is 18.3 Å². The highest BCUT2D eigenvalue weighted by Crippen LogP contribution is 2.21. The van der Waals surface area contributed by atoms with Crippen molar-refractivity contribution in [2.45, 2.75) is 19.5 Å². The fourth-order valence-electron chi connectivity index (χ4n) is 2.59. The topological polar surface area (TPSA) is 50.2 Å². The smallest absolute Gasteiger partial charge is 0.241 e. The highest BCUT2D eigenvalue weighted by atomic mass is 35.5. The number of nitrogens with one attached hydrogen (secondary N) is 1. The molecule has 1 unspecified atom stereocenters. The molecular formula is C20H21ClN4O. The van der Waals surface area contributed by atoms with E-state index in [0.29, 0.717) is 17.3 Å². The second kappa shape index (κ2) is 8.17. The van der Waals surface area contributed by atoms with Crippen molar-refractivity contribution >= 4 is 23.2 Å². The largest absolute Gasteiger partial charge is 0.323 e. The first-order valence-electron chi connectivity index (χ1n) is 8.39. The van der Waals surface area contributed by atoms with Crippen LogP contribution in [0, 0.1) is 0 Å². The molecule has 0 saturated heterocycles. The van der Waals surface area contributed by atoms with Crippen LogP contribution in [0.5, 0.6) is 0 Å². The molecule has 0 fully saturated rings. The second-order valence-electron chi connectivity index (χ2n) is 6.19. The molecule has 0 aliphatic rings. The van der Waals surface area contributed by atoms with Gasteiger partial charge in [0.1, 0.15) is 0 Å². The molecule has 134 valence electrons. The first kappa shape index (κ1) is 18.2. The summed E-state index contributed by atoms with van der Waals surface area (Å²) in [6, 6.07) is 16.8. The molecule has 0 bridgehead atoms. The number of anilines is 1. The van der Waals surface area contributed by atoms with Crippen molar-refractivity contribution in [3.63, 3.8) is 0 Å². The van der Waals surface area contributed by atoms with Crippen LogP contribution in [0.1, 0.15) is 12.5 Å². The van der Waals surface area contributed by atoms with Gasteiger partial charge in [-0.15, -0.1) is 0 Å². The number of para-hydroxylation sites is 2. The number of hydrogen-bond acceptors (Lipinski definition) is 3. The number of amides is 1. The summed E-state index contributed by atoms with van der Waals surface area (Å²) in [6.45, 7) is 2.48. The molecule has 1 aromatic heterocycles. The first-order valence-corrected chi connectivity index (χ1v) is 8.77. The average Bonchev–Trinajstić information content (AvgIpc) is 3.12. The lowest BCUT2D eigenvalue weighted by atomic mass is 10.2. The highest BCUT2D eigenvalue weighted by Gasteiger charge is 2.19. The third-order valence-electron chi connectivity index (χ3n) is 4.26. The fourth-order valence-corrected chi connectivity index (χ4v) is 2.77. The maximum atomic E-state index is 12.5. The summed E-state index contributed by atoms with van der Waals surface area (Å²) in [5.74, 6) is -0.101. The van der Waals surface area contributed by atoms with E-state index in [2.05, 4.69) is 10.4 Å². The number of likely N-dealkylation sites (N-methyl/N-ethyl adjacent to an activating group) is 1.